The van der Waals surface area contributed by atoms with Crippen LogP contribution < -0.4 is 10.2 Å². The van der Waals surface area contributed by atoms with E-state index in [0.29, 0.717) is 25.2 Å². The number of nitrogens with zero attached hydrogens (tertiary/aromatic N) is 2. The van der Waals surface area contributed by atoms with Crippen molar-refractivity contribution in [3.05, 3.63) is 29.6 Å². The molecule has 1 aliphatic heterocycles. The SMILES string of the molecule is CNC(=O)C1(C)CCN(c2cccc(F)c2C#N)C1. The minimum Gasteiger partial charge on any atom is -0.369 e. The zero-order valence-electron chi connectivity index (χ0n) is 11.0. The lowest BCUT2D eigenvalue weighted by Crippen LogP contribution is -2.39. The van der Waals surface area contributed by atoms with Gasteiger partial charge in [0.15, 0.2) is 0 Å². The number of hydrogen-bond donors (Lipinski definition) is 1. The lowest BCUT2D eigenvalue weighted by atomic mass is 9.89. The minimum atomic E-state index is -0.520. The van der Waals surface area contributed by atoms with Crippen LogP contribution in [0.25, 0.3) is 0 Å². The summed E-state index contributed by atoms with van der Waals surface area (Å²) in [6.07, 6.45) is 0.689. The van der Waals surface area contributed by atoms with E-state index in [1.807, 2.05) is 17.9 Å². The van der Waals surface area contributed by atoms with Gasteiger partial charge in [-0.05, 0) is 25.5 Å². The third-order valence-electron chi connectivity index (χ3n) is 3.69. The summed E-state index contributed by atoms with van der Waals surface area (Å²) in [5.41, 5.74) is 0.118. The molecular formula is C14H16FN3O. The molecule has 0 spiro atoms. The highest BCUT2D eigenvalue weighted by Crippen LogP contribution is 2.35. The fourth-order valence-electron chi connectivity index (χ4n) is 2.54. The minimum absolute atomic E-state index is 0.0232. The molecule has 1 aliphatic rings. The molecule has 1 unspecified atom stereocenters. The molecule has 1 aromatic rings. The van der Waals surface area contributed by atoms with Crippen LogP contribution in [0.4, 0.5) is 10.1 Å². The quantitative estimate of drug-likeness (QED) is 0.881. The molecule has 1 heterocycles. The molecule has 100 valence electrons. The largest absolute Gasteiger partial charge is 0.369 e. The number of hydrogen-bond acceptors (Lipinski definition) is 3. The first kappa shape index (κ1) is 13.3. The topological polar surface area (TPSA) is 56.1 Å². The van der Waals surface area contributed by atoms with Gasteiger partial charge in [0.25, 0.3) is 0 Å². The molecule has 1 aromatic carbocycles. The highest BCUT2D eigenvalue weighted by atomic mass is 19.1. The van der Waals surface area contributed by atoms with Crippen molar-refractivity contribution in [2.75, 3.05) is 25.0 Å². The Balaban J connectivity index is 2.30. The Bertz CT molecular complexity index is 552. The van der Waals surface area contributed by atoms with Crippen LogP contribution in [0.3, 0.4) is 0 Å². The molecule has 19 heavy (non-hydrogen) atoms. The summed E-state index contributed by atoms with van der Waals surface area (Å²) in [7, 11) is 1.61. The Hall–Kier alpha value is -2.09. The van der Waals surface area contributed by atoms with Crippen LogP contribution in [-0.2, 0) is 4.79 Å². The van der Waals surface area contributed by atoms with Crippen molar-refractivity contribution in [2.24, 2.45) is 5.41 Å². The maximum atomic E-state index is 13.6. The molecule has 2 rings (SSSR count). The van der Waals surface area contributed by atoms with E-state index in [4.69, 9.17) is 5.26 Å². The van der Waals surface area contributed by atoms with Crippen LogP contribution in [0.15, 0.2) is 18.2 Å². The first-order valence-electron chi connectivity index (χ1n) is 6.17. The molecule has 4 nitrogen and oxygen atoms in total. The van der Waals surface area contributed by atoms with Crippen LogP contribution in [0.5, 0.6) is 0 Å². The van der Waals surface area contributed by atoms with Gasteiger partial charge in [0, 0.05) is 20.1 Å². The second kappa shape index (κ2) is 4.88. The number of nitrogens with one attached hydrogen (secondary N) is 1. The molecule has 1 atom stereocenters. The highest BCUT2D eigenvalue weighted by molar-refractivity contribution is 5.83. The van der Waals surface area contributed by atoms with E-state index in [0.717, 1.165) is 0 Å². The summed E-state index contributed by atoms with van der Waals surface area (Å²) in [4.78, 5) is 13.8. The number of rotatable bonds is 2. The van der Waals surface area contributed by atoms with Crippen molar-refractivity contribution in [3.63, 3.8) is 0 Å². The van der Waals surface area contributed by atoms with Crippen LogP contribution in [-0.4, -0.2) is 26.0 Å². The maximum absolute atomic E-state index is 13.6. The van der Waals surface area contributed by atoms with Gasteiger partial charge in [0.05, 0.1) is 11.1 Å². The van der Waals surface area contributed by atoms with Gasteiger partial charge in [0.1, 0.15) is 17.4 Å². The summed E-state index contributed by atoms with van der Waals surface area (Å²) in [6.45, 7) is 3.02. The Morgan fingerprint density at radius 2 is 2.32 bits per heavy atom. The third-order valence-corrected chi connectivity index (χ3v) is 3.69. The second-order valence-electron chi connectivity index (χ2n) is 5.06. The predicted octanol–water partition coefficient (Wildman–Crippen LogP) is 1.66. The van der Waals surface area contributed by atoms with Crippen molar-refractivity contribution >= 4 is 11.6 Å². The maximum Gasteiger partial charge on any atom is 0.227 e. The highest BCUT2D eigenvalue weighted by Gasteiger charge is 2.40. The van der Waals surface area contributed by atoms with Gasteiger partial charge in [-0.15, -0.1) is 0 Å². The number of carbonyl (C=O) groups is 1. The fourth-order valence-corrected chi connectivity index (χ4v) is 2.54. The Kier molecular flexibility index (Phi) is 3.43. The van der Waals surface area contributed by atoms with Gasteiger partial charge < -0.3 is 10.2 Å². The number of nitriles is 1. The summed E-state index contributed by atoms with van der Waals surface area (Å²) >= 11 is 0. The van der Waals surface area contributed by atoms with Gasteiger partial charge in [-0.25, -0.2) is 4.39 Å². The van der Waals surface area contributed by atoms with Gasteiger partial charge in [-0.3, -0.25) is 4.79 Å². The van der Waals surface area contributed by atoms with Crippen LogP contribution in [0.2, 0.25) is 0 Å². The molecule has 0 bridgehead atoms. The monoisotopic (exact) mass is 261 g/mol. The molecule has 0 radical (unpaired) electrons. The summed E-state index contributed by atoms with van der Waals surface area (Å²) in [5.74, 6) is -0.543. The van der Waals surface area contributed by atoms with E-state index >= 15 is 0 Å². The van der Waals surface area contributed by atoms with E-state index in [1.54, 1.807) is 19.2 Å². The summed E-state index contributed by atoms with van der Waals surface area (Å²) < 4.78 is 13.6. The fraction of sp³-hybridized carbons (Fsp3) is 0.429. The molecular weight excluding hydrogens is 245 g/mol. The zero-order chi connectivity index (χ0) is 14.0. The van der Waals surface area contributed by atoms with E-state index in [2.05, 4.69) is 5.32 Å². The van der Waals surface area contributed by atoms with E-state index in [9.17, 15) is 9.18 Å². The van der Waals surface area contributed by atoms with Gasteiger partial charge >= 0.3 is 0 Å². The molecule has 1 saturated heterocycles. The number of benzene rings is 1. The van der Waals surface area contributed by atoms with E-state index < -0.39 is 11.2 Å². The summed E-state index contributed by atoms with van der Waals surface area (Å²) in [5, 5.41) is 11.7. The number of amides is 1. The smallest absolute Gasteiger partial charge is 0.227 e. The normalized spacial score (nSPS) is 22.1. The van der Waals surface area contributed by atoms with Crippen LogP contribution in [0.1, 0.15) is 18.9 Å². The lowest BCUT2D eigenvalue weighted by molar-refractivity contribution is -0.128. The first-order chi connectivity index (χ1) is 9.01. The van der Waals surface area contributed by atoms with Gasteiger partial charge in [-0.1, -0.05) is 6.07 Å². The molecule has 0 aromatic heterocycles. The number of halogens is 1. The van der Waals surface area contributed by atoms with Crippen LogP contribution in [0, 0.1) is 22.6 Å². The van der Waals surface area contributed by atoms with Crippen molar-refractivity contribution in [2.45, 2.75) is 13.3 Å². The van der Waals surface area contributed by atoms with Gasteiger partial charge in [-0.2, -0.15) is 5.26 Å². The van der Waals surface area contributed by atoms with E-state index in [-0.39, 0.29) is 11.5 Å². The number of anilines is 1. The second-order valence-corrected chi connectivity index (χ2v) is 5.06. The first-order valence-corrected chi connectivity index (χ1v) is 6.17. The lowest BCUT2D eigenvalue weighted by Gasteiger charge is -2.24. The van der Waals surface area contributed by atoms with E-state index in [1.165, 1.54) is 6.07 Å². The van der Waals surface area contributed by atoms with Crippen molar-refractivity contribution in [1.82, 2.24) is 5.32 Å². The average Bonchev–Trinajstić information content (AvgIpc) is 2.81. The Morgan fingerprint density at radius 1 is 1.58 bits per heavy atom. The zero-order valence-corrected chi connectivity index (χ0v) is 11.0. The molecule has 1 fully saturated rings. The molecule has 5 heteroatoms. The molecule has 1 amide bonds. The Morgan fingerprint density at radius 3 is 2.95 bits per heavy atom. The van der Waals surface area contributed by atoms with Crippen molar-refractivity contribution < 1.29 is 9.18 Å². The van der Waals surface area contributed by atoms with Crippen molar-refractivity contribution in [1.29, 1.82) is 5.26 Å². The molecule has 0 saturated carbocycles. The van der Waals surface area contributed by atoms with Crippen molar-refractivity contribution in [3.8, 4) is 6.07 Å². The standard InChI is InChI=1S/C14H16FN3O/c1-14(13(19)17-2)6-7-18(9-14)12-5-3-4-11(15)10(12)8-16/h3-5H,6-7,9H2,1-2H3,(H,17,19). The third kappa shape index (κ3) is 2.26. The molecule has 0 aliphatic carbocycles. The molecule has 1 N–H and O–H groups in total. The predicted molar refractivity (Wildman–Crippen MR) is 70.1 cm³/mol. The van der Waals surface area contributed by atoms with Gasteiger partial charge in [0.2, 0.25) is 5.91 Å². The summed E-state index contributed by atoms with van der Waals surface area (Å²) in [6, 6.07) is 6.47. The average molecular weight is 261 g/mol. The Labute approximate surface area is 111 Å². The van der Waals surface area contributed by atoms with Crippen LogP contribution >= 0.6 is 0 Å². The number of carbonyl (C=O) groups excluding carboxylic acids is 1.